The van der Waals surface area contributed by atoms with Crippen LogP contribution in [0.5, 0.6) is 0 Å². The highest BCUT2D eigenvalue weighted by molar-refractivity contribution is 5.05. The molecule has 0 aromatic heterocycles. The SMILES string of the molecule is CCCCCCCCC1COC2(CC(C)(C)N([O])C(CC)(CC)C2)O1. The Morgan fingerprint density at radius 3 is 2.24 bits per heavy atom. The van der Waals surface area contributed by atoms with Gasteiger partial charge in [-0.05, 0) is 33.1 Å². The lowest BCUT2D eigenvalue weighted by atomic mass is 9.73. The molecule has 2 aliphatic rings. The van der Waals surface area contributed by atoms with E-state index in [0.29, 0.717) is 19.4 Å². The summed E-state index contributed by atoms with van der Waals surface area (Å²) in [6.07, 6.45) is 12.2. The molecule has 1 radical (unpaired) electrons. The van der Waals surface area contributed by atoms with Crippen molar-refractivity contribution in [3.05, 3.63) is 0 Å². The predicted octanol–water partition coefficient (Wildman–Crippen LogP) is 5.63. The largest absolute Gasteiger partial charge is 0.347 e. The van der Waals surface area contributed by atoms with Gasteiger partial charge in [-0.2, -0.15) is 0 Å². The molecule has 2 heterocycles. The van der Waals surface area contributed by atoms with Gasteiger partial charge in [0.15, 0.2) is 5.79 Å². The van der Waals surface area contributed by atoms with E-state index in [1.165, 1.54) is 43.6 Å². The molecule has 0 saturated carbocycles. The summed E-state index contributed by atoms with van der Waals surface area (Å²) in [6.45, 7) is 11.2. The maximum absolute atomic E-state index is 13.0. The Hall–Kier alpha value is -0.160. The summed E-state index contributed by atoms with van der Waals surface area (Å²) in [4.78, 5) is 0. The molecule has 2 aliphatic heterocycles. The molecule has 0 aromatic rings. The minimum atomic E-state index is -0.552. The fraction of sp³-hybridized carbons (Fsp3) is 1.00. The lowest BCUT2D eigenvalue weighted by Crippen LogP contribution is -2.65. The van der Waals surface area contributed by atoms with Crippen LogP contribution in [0, 0.1) is 0 Å². The number of hydroxylamine groups is 2. The van der Waals surface area contributed by atoms with E-state index in [2.05, 4.69) is 20.8 Å². The summed E-state index contributed by atoms with van der Waals surface area (Å²) < 4.78 is 12.7. The second kappa shape index (κ2) is 8.69. The number of piperidine rings is 1. The maximum Gasteiger partial charge on any atom is 0.172 e. The Kier molecular flexibility index (Phi) is 7.35. The predicted molar refractivity (Wildman–Crippen MR) is 101 cm³/mol. The van der Waals surface area contributed by atoms with E-state index < -0.39 is 11.3 Å². The molecule has 1 spiro atoms. The molecule has 147 valence electrons. The van der Waals surface area contributed by atoms with Crippen molar-refractivity contribution in [2.24, 2.45) is 0 Å². The van der Waals surface area contributed by atoms with Gasteiger partial charge in [0, 0.05) is 18.4 Å². The minimum Gasteiger partial charge on any atom is -0.347 e. The van der Waals surface area contributed by atoms with Gasteiger partial charge in [0.05, 0.1) is 18.2 Å². The Labute approximate surface area is 155 Å². The Morgan fingerprint density at radius 2 is 1.60 bits per heavy atom. The van der Waals surface area contributed by atoms with Crippen LogP contribution in [0.1, 0.15) is 105 Å². The molecular formula is C21H40NO3. The van der Waals surface area contributed by atoms with E-state index in [-0.39, 0.29) is 11.6 Å². The molecule has 2 atom stereocenters. The second-order valence-electron chi connectivity index (χ2n) is 8.91. The highest BCUT2D eigenvalue weighted by Crippen LogP contribution is 2.50. The molecule has 2 fully saturated rings. The third kappa shape index (κ3) is 4.77. The highest BCUT2D eigenvalue weighted by Gasteiger charge is 2.59. The van der Waals surface area contributed by atoms with Crippen molar-refractivity contribution < 1.29 is 14.7 Å². The molecule has 0 aromatic carbocycles. The molecule has 2 saturated heterocycles. The molecule has 0 bridgehead atoms. The summed E-state index contributed by atoms with van der Waals surface area (Å²) >= 11 is 0. The van der Waals surface area contributed by atoms with Crippen LogP contribution >= 0.6 is 0 Å². The third-order valence-electron chi connectivity index (χ3n) is 6.39. The average molecular weight is 355 g/mol. The van der Waals surface area contributed by atoms with Gasteiger partial charge in [-0.25, -0.2) is 0 Å². The van der Waals surface area contributed by atoms with Crippen molar-refractivity contribution in [3.8, 4) is 0 Å². The summed E-state index contributed by atoms with van der Waals surface area (Å²) in [5.41, 5.74) is -0.809. The van der Waals surface area contributed by atoms with Crippen LogP contribution in [0.2, 0.25) is 0 Å². The monoisotopic (exact) mass is 354 g/mol. The van der Waals surface area contributed by atoms with Crippen LogP contribution in [0.3, 0.4) is 0 Å². The Morgan fingerprint density at radius 1 is 0.960 bits per heavy atom. The maximum atomic E-state index is 13.0. The number of nitrogens with zero attached hydrogens (tertiary/aromatic N) is 1. The highest BCUT2D eigenvalue weighted by atomic mass is 16.7. The lowest BCUT2D eigenvalue weighted by molar-refractivity contribution is -0.352. The van der Waals surface area contributed by atoms with Crippen LogP contribution in [0.25, 0.3) is 0 Å². The van der Waals surface area contributed by atoms with Crippen LogP contribution in [-0.2, 0) is 14.7 Å². The molecule has 2 unspecified atom stereocenters. The number of hydrogen-bond donors (Lipinski definition) is 0. The van der Waals surface area contributed by atoms with E-state index in [0.717, 1.165) is 19.3 Å². The molecule has 0 amide bonds. The number of rotatable bonds is 9. The molecule has 0 aliphatic carbocycles. The van der Waals surface area contributed by atoms with Crippen LogP contribution in [0.15, 0.2) is 0 Å². The van der Waals surface area contributed by atoms with Crippen LogP contribution in [-0.4, -0.2) is 34.6 Å². The minimum absolute atomic E-state index is 0.201. The van der Waals surface area contributed by atoms with Crippen molar-refractivity contribution in [1.29, 1.82) is 0 Å². The van der Waals surface area contributed by atoms with Gasteiger partial charge in [0.25, 0.3) is 0 Å². The van der Waals surface area contributed by atoms with Gasteiger partial charge in [0.1, 0.15) is 0 Å². The zero-order chi connectivity index (χ0) is 18.6. The van der Waals surface area contributed by atoms with E-state index >= 15 is 0 Å². The van der Waals surface area contributed by atoms with E-state index in [4.69, 9.17) is 9.47 Å². The van der Waals surface area contributed by atoms with Gasteiger partial charge in [0.2, 0.25) is 0 Å². The number of hydrogen-bond acceptors (Lipinski definition) is 3. The fourth-order valence-corrected chi connectivity index (χ4v) is 4.89. The van der Waals surface area contributed by atoms with E-state index in [1.807, 2.05) is 13.8 Å². The summed E-state index contributed by atoms with van der Waals surface area (Å²) in [7, 11) is 0. The average Bonchev–Trinajstić information content (AvgIpc) is 2.96. The molecule has 25 heavy (non-hydrogen) atoms. The molecule has 4 nitrogen and oxygen atoms in total. The summed E-state index contributed by atoms with van der Waals surface area (Å²) in [5, 5.41) is 14.3. The molecular weight excluding hydrogens is 314 g/mol. The first-order valence-electron chi connectivity index (χ1n) is 10.6. The first-order chi connectivity index (χ1) is 11.8. The first-order valence-corrected chi connectivity index (χ1v) is 10.6. The summed E-state index contributed by atoms with van der Waals surface area (Å²) in [5.74, 6) is -0.552. The standard InChI is InChI=1S/C21H40NO3/c1-6-9-10-11-12-13-14-18-15-24-21(25-18)16-19(4,5)22(23)20(7-2,8-3)17-21/h18H,6-17H2,1-5H3. The van der Waals surface area contributed by atoms with Gasteiger partial charge in [-0.1, -0.05) is 59.3 Å². The smallest absolute Gasteiger partial charge is 0.172 e. The van der Waals surface area contributed by atoms with Crippen molar-refractivity contribution in [2.45, 2.75) is 128 Å². The van der Waals surface area contributed by atoms with Gasteiger partial charge in [-0.3, -0.25) is 0 Å². The summed E-state index contributed by atoms with van der Waals surface area (Å²) in [6, 6.07) is 0. The van der Waals surface area contributed by atoms with Crippen molar-refractivity contribution in [3.63, 3.8) is 0 Å². The zero-order valence-corrected chi connectivity index (χ0v) is 17.2. The lowest BCUT2D eigenvalue weighted by Gasteiger charge is -2.55. The van der Waals surface area contributed by atoms with Gasteiger partial charge >= 0.3 is 0 Å². The normalized spacial score (nSPS) is 31.7. The Balaban J connectivity index is 1.91. The van der Waals surface area contributed by atoms with Crippen LogP contribution in [0.4, 0.5) is 0 Å². The second-order valence-corrected chi connectivity index (χ2v) is 8.91. The Bertz CT molecular complexity index is 408. The quantitative estimate of drug-likeness (QED) is 0.504. The number of ether oxygens (including phenoxy) is 2. The van der Waals surface area contributed by atoms with E-state index in [9.17, 15) is 5.21 Å². The molecule has 0 N–H and O–H groups in total. The van der Waals surface area contributed by atoms with Gasteiger partial charge < -0.3 is 9.47 Å². The third-order valence-corrected chi connectivity index (χ3v) is 6.39. The van der Waals surface area contributed by atoms with E-state index in [1.54, 1.807) is 0 Å². The zero-order valence-electron chi connectivity index (χ0n) is 17.2. The molecule has 2 rings (SSSR count). The molecule has 4 heteroatoms. The first kappa shape index (κ1) is 21.1. The van der Waals surface area contributed by atoms with Crippen molar-refractivity contribution in [2.75, 3.05) is 6.61 Å². The van der Waals surface area contributed by atoms with Crippen molar-refractivity contribution in [1.82, 2.24) is 5.06 Å². The van der Waals surface area contributed by atoms with Crippen LogP contribution < -0.4 is 0 Å². The topological polar surface area (TPSA) is 41.6 Å². The number of unbranched alkanes of at least 4 members (excludes halogenated alkanes) is 5. The van der Waals surface area contributed by atoms with Crippen molar-refractivity contribution >= 4 is 0 Å². The van der Waals surface area contributed by atoms with Gasteiger partial charge in [-0.15, -0.1) is 10.3 Å². The fourth-order valence-electron chi connectivity index (χ4n) is 4.89.